The van der Waals surface area contributed by atoms with E-state index in [1.165, 1.54) is 12.0 Å². The fourth-order valence-corrected chi connectivity index (χ4v) is 5.44. The first-order valence-electron chi connectivity index (χ1n) is 9.39. The van der Waals surface area contributed by atoms with Crippen molar-refractivity contribution in [2.75, 3.05) is 43.5 Å². The summed E-state index contributed by atoms with van der Waals surface area (Å²) in [4.78, 5) is 18.0. The summed E-state index contributed by atoms with van der Waals surface area (Å²) in [7, 11) is 1.42. The minimum absolute atomic E-state index is 0.275. The van der Waals surface area contributed by atoms with E-state index >= 15 is 0 Å². The summed E-state index contributed by atoms with van der Waals surface area (Å²) < 4.78 is 5.01. The van der Waals surface area contributed by atoms with E-state index in [2.05, 4.69) is 15.1 Å². The van der Waals surface area contributed by atoms with Gasteiger partial charge in [0.15, 0.2) is 5.11 Å². The van der Waals surface area contributed by atoms with Crippen LogP contribution in [0.25, 0.3) is 0 Å². The van der Waals surface area contributed by atoms with Crippen LogP contribution >= 0.6 is 23.6 Å². The zero-order valence-corrected chi connectivity index (χ0v) is 17.4. The fraction of sp³-hybridized carbons (Fsp3) is 0.400. The maximum Gasteiger partial charge on any atom is 0.341 e. The average molecular weight is 418 g/mol. The largest absolute Gasteiger partial charge is 0.508 e. The number of nitrogens with zero attached hydrogens (tertiary/aromatic N) is 2. The van der Waals surface area contributed by atoms with Crippen molar-refractivity contribution in [1.82, 2.24) is 4.90 Å². The lowest BCUT2D eigenvalue weighted by Crippen LogP contribution is -2.50. The van der Waals surface area contributed by atoms with Gasteiger partial charge in [-0.1, -0.05) is 0 Å². The molecule has 1 aromatic carbocycles. The van der Waals surface area contributed by atoms with Gasteiger partial charge in [0, 0.05) is 36.7 Å². The van der Waals surface area contributed by atoms with Crippen LogP contribution in [0.15, 0.2) is 24.3 Å². The normalized spacial score (nSPS) is 16.0. The van der Waals surface area contributed by atoms with Crippen molar-refractivity contribution < 1.29 is 14.6 Å². The molecule has 0 radical (unpaired) electrons. The standard InChI is InChI=1S/C20H23N3O3S2/c1-26-19(25)17-15-3-2-4-16(15)28-18(17)21-20(27)23-11-9-22(10-12-23)13-5-7-14(24)8-6-13/h5-8,24H,2-4,9-12H2,1H3,(H,21,27). The molecule has 28 heavy (non-hydrogen) atoms. The van der Waals surface area contributed by atoms with Crippen LogP contribution in [0.3, 0.4) is 0 Å². The number of methoxy groups -OCH3 is 1. The van der Waals surface area contributed by atoms with Crippen LogP contribution in [0.4, 0.5) is 10.7 Å². The Morgan fingerprint density at radius 2 is 1.89 bits per heavy atom. The van der Waals surface area contributed by atoms with E-state index < -0.39 is 0 Å². The number of phenols is 1. The summed E-state index contributed by atoms with van der Waals surface area (Å²) in [6, 6.07) is 7.27. The minimum Gasteiger partial charge on any atom is -0.508 e. The number of thiocarbonyl (C=S) groups is 1. The predicted molar refractivity (Wildman–Crippen MR) is 116 cm³/mol. The molecule has 1 aliphatic carbocycles. The Labute approximate surface area is 173 Å². The van der Waals surface area contributed by atoms with Gasteiger partial charge in [-0.15, -0.1) is 11.3 Å². The highest BCUT2D eigenvalue weighted by Crippen LogP contribution is 2.39. The first-order chi connectivity index (χ1) is 13.6. The molecule has 2 N–H and O–H groups in total. The minimum atomic E-state index is -0.290. The highest BCUT2D eigenvalue weighted by Gasteiger charge is 2.28. The molecule has 8 heteroatoms. The summed E-state index contributed by atoms with van der Waals surface area (Å²) in [5.41, 5.74) is 2.88. The first-order valence-corrected chi connectivity index (χ1v) is 10.6. The number of piperazine rings is 1. The summed E-state index contributed by atoms with van der Waals surface area (Å²) in [6.45, 7) is 3.28. The number of carbonyl (C=O) groups excluding carboxylic acids is 1. The Bertz CT molecular complexity index is 887. The van der Waals surface area contributed by atoms with Crippen molar-refractivity contribution in [1.29, 1.82) is 0 Å². The maximum absolute atomic E-state index is 12.3. The maximum atomic E-state index is 12.3. The van der Waals surface area contributed by atoms with Crippen molar-refractivity contribution >= 4 is 45.3 Å². The quantitative estimate of drug-likeness (QED) is 0.587. The molecule has 1 saturated heterocycles. The molecule has 0 saturated carbocycles. The first kappa shape index (κ1) is 19.0. The fourth-order valence-electron chi connectivity index (χ4n) is 3.82. The van der Waals surface area contributed by atoms with Gasteiger partial charge in [0.1, 0.15) is 10.8 Å². The molecule has 2 aliphatic rings. The summed E-state index contributed by atoms with van der Waals surface area (Å²) >= 11 is 7.26. The zero-order chi connectivity index (χ0) is 19.7. The summed E-state index contributed by atoms with van der Waals surface area (Å²) in [6.07, 6.45) is 3.04. The van der Waals surface area contributed by atoms with Gasteiger partial charge >= 0.3 is 5.97 Å². The average Bonchev–Trinajstić information content (AvgIpc) is 3.29. The van der Waals surface area contributed by atoms with Crippen LogP contribution in [0.5, 0.6) is 5.75 Å². The molecule has 148 valence electrons. The van der Waals surface area contributed by atoms with Gasteiger partial charge in [0.25, 0.3) is 0 Å². The number of hydrogen-bond acceptors (Lipinski definition) is 6. The van der Waals surface area contributed by atoms with E-state index in [1.54, 1.807) is 23.5 Å². The topological polar surface area (TPSA) is 65.0 Å². The molecule has 4 rings (SSSR count). The molecule has 0 spiro atoms. The molecule has 2 aromatic rings. The SMILES string of the molecule is COC(=O)c1c(NC(=S)N2CCN(c3ccc(O)cc3)CC2)sc2c1CCC2. The van der Waals surface area contributed by atoms with Crippen LogP contribution in [0.2, 0.25) is 0 Å². The molecule has 1 fully saturated rings. The second-order valence-corrected chi connectivity index (χ2v) is 8.47. The number of esters is 1. The number of rotatable bonds is 3. The molecule has 0 amide bonds. The number of benzene rings is 1. The molecule has 2 heterocycles. The van der Waals surface area contributed by atoms with E-state index in [4.69, 9.17) is 17.0 Å². The molecule has 6 nitrogen and oxygen atoms in total. The van der Waals surface area contributed by atoms with Crippen molar-refractivity contribution in [2.24, 2.45) is 0 Å². The van der Waals surface area contributed by atoms with Crippen molar-refractivity contribution in [2.45, 2.75) is 19.3 Å². The second-order valence-electron chi connectivity index (χ2n) is 6.97. The Hall–Kier alpha value is -2.32. The molecule has 1 aromatic heterocycles. The van der Waals surface area contributed by atoms with Crippen LogP contribution in [0.1, 0.15) is 27.2 Å². The number of fused-ring (bicyclic) bond motifs is 1. The lowest BCUT2D eigenvalue weighted by molar-refractivity contribution is 0.0601. The van der Waals surface area contributed by atoms with Crippen LogP contribution in [0, 0.1) is 0 Å². The predicted octanol–water partition coefficient (Wildman–Crippen LogP) is 3.25. The van der Waals surface area contributed by atoms with Crippen LogP contribution in [-0.4, -0.2) is 54.4 Å². The Morgan fingerprint density at radius 3 is 2.57 bits per heavy atom. The zero-order valence-electron chi connectivity index (χ0n) is 15.7. The molecule has 0 atom stereocenters. The van der Waals surface area contributed by atoms with Crippen molar-refractivity contribution in [3.63, 3.8) is 0 Å². The van der Waals surface area contributed by atoms with Gasteiger partial charge in [-0.3, -0.25) is 0 Å². The molecule has 0 bridgehead atoms. The van der Waals surface area contributed by atoms with E-state index in [0.29, 0.717) is 10.7 Å². The van der Waals surface area contributed by atoms with Crippen molar-refractivity contribution in [3.05, 3.63) is 40.3 Å². The number of anilines is 2. The molecular formula is C20H23N3O3S2. The Kier molecular flexibility index (Phi) is 5.41. The van der Waals surface area contributed by atoms with Gasteiger partial charge in [0.2, 0.25) is 0 Å². The number of phenolic OH excluding ortho intramolecular Hbond substituents is 1. The number of ether oxygens (including phenoxy) is 1. The second kappa shape index (κ2) is 7.97. The number of nitrogens with one attached hydrogen (secondary N) is 1. The smallest absolute Gasteiger partial charge is 0.341 e. The lowest BCUT2D eigenvalue weighted by Gasteiger charge is -2.37. The lowest BCUT2D eigenvalue weighted by atomic mass is 10.1. The number of hydrogen-bond donors (Lipinski definition) is 2. The number of aryl methyl sites for hydroxylation is 1. The monoisotopic (exact) mass is 417 g/mol. The van der Waals surface area contributed by atoms with Gasteiger partial charge in [-0.2, -0.15) is 0 Å². The Balaban J connectivity index is 1.41. The van der Waals surface area contributed by atoms with Gasteiger partial charge in [0.05, 0.1) is 12.7 Å². The third-order valence-electron chi connectivity index (χ3n) is 5.31. The highest BCUT2D eigenvalue weighted by atomic mass is 32.1. The van der Waals surface area contributed by atoms with Crippen molar-refractivity contribution in [3.8, 4) is 5.75 Å². The van der Waals surface area contributed by atoms with Gasteiger partial charge in [-0.25, -0.2) is 4.79 Å². The third kappa shape index (κ3) is 3.66. The molecule has 1 aliphatic heterocycles. The van der Waals surface area contributed by atoms with Crippen LogP contribution < -0.4 is 10.2 Å². The van der Waals surface area contributed by atoms with E-state index in [0.717, 1.165) is 61.7 Å². The van der Waals surface area contributed by atoms with E-state index in [-0.39, 0.29) is 11.7 Å². The third-order valence-corrected chi connectivity index (χ3v) is 6.88. The van der Waals surface area contributed by atoms with Gasteiger partial charge in [-0.05, 0) is 61.3 Å². The summed E-state index contributed by atoms with van der Waals surface area (Å²) in [5.74, 6) is -0.0149. The van der Waals surface area contributed by atoms with Crippen LogP contribution in [-0.2, 0) is 17.6 Å². The number of carbonyl (C=O) groups is 1. The number of thiophene rings is 1. The van der Waals surface area contributed by atoms with E-state index in [1.807, 2.05) is 12.1 Å². The van der Waals surface area contributed by atoms with E-state index in [9.17, 15) is 9.90 Å². The summed E-state index contributed by atoms with van der Waals surface area (Å²) in [5, 5.41) is 14.2. The molecule has 0 unspecified atom stereocenters. The number of aromatic hydroxyl groups is 1. The Morgan fingerprint density at radius 1 is 1.18 bits per heavy atom. The van der Waals surface area contributed by atoms with Gasteiger partial charge < -0.3 is 25.0 Å². The molecular weight excluding hydrogens is 394 g/mol. The highest BCUT2D eigenvalue weighted by molar-refractivity contribution is 7.80.